The summed E-state index contributed by atoms with van der Waals surface area (Å²) in [4.78, 5) is 0. The minimum atomic E-state index is -2.43. The van der Waals surface area contributed by atoms with Crippen LogP contribution in [0.4, 0.5) is 0 Å². The molecule has 1 aromatic heterocycles. The molecule has 21 aromatic rings. The van der Waals surface area contributed by atoms with Gasteiger partial charge in [-0.05, 0) is 308 Å². The van der Waals surface area contributed by atoms with E-state index in [1.54, 1.807) is 13.3 Å². The van der Waals surface area contributed by atoms with Gasteiger partial charge in [0.1, 0.15) is 51.2 Å². The maximum Gasteiger partial charge on any atom is 0.143 e. The van der Waals surface area contributed by atoms with Crippen molar-refractivity contribution in [3.63, 3.8) is 0 Å². The zero-order valence-corrected chi connectivity index (χ0v) is 84.3. The lowest BCUT2D eigenvalue weighted by atomic mass is 9.62. The molecule has 6 aliphatic rings. The molecule has 2 heterocycles. The van der Waals surface area contributed by atoms with Crippen molar-refractivity contribution >= 4 is 142 Å². The molecular weight excluding hydrogens is 1820 g/mol. The van der Waals surface area contributed by atoms with Gasteiger partial charge in [-0.15, -0.1) is 0 Å². The predicted molar refractivity (Wildman–Crippen MR) is 610 cm³/mol. The summed E-state index contributed by atoms with van der Waals surface area (Å²) in [5, 5.41) is 20.6. The number of allylic oxidation sites excluding steroid dienone is 14. The molecule has 2 atom stereocenters. The van der Waals surface area contributed by atoms with E-state index < -0.39 is 34.0 Å². The number of fused-ring (bicyclic) bond motifs is 20. The zero-order valence-electron chi connectivity index (χ0n) is 80.8. The molecule has 10 heteroatoms. The van der Waals surface area contributed by atoms with Gasteiger partial charge in [-0.25, -0.2) is 0 Å². The maximum absolute atomic E-state index is 13.2. The summed E-state index contributed by atoms with van der Waals surface area (Å²) in [5.74, 6) is 2.53. The van der Waals surface area contributed by atoms with Gasteiger partial charge >= 0.3 is 0 Å². The average molecular weight is 1920 g/mol. The third kappa shape index (κ3) is 16.2. The topological polar surface area (TPSA) is 90.7 Å². The van der Waals surface area contributed by atoms with Crippen molar-refractivity contribution in [2.45, 2.75) is 5.41 Å². The Labute approximate surface area is 834 Å². The van der Waals surface area contributed by atoms with E-state index in [-0.39, 0.29) is 0 Å². The zero-order chi connectivity index (χ0) is 97.4. The summed E-state index contributed by atoms with van der Waals surface area (Å²) in [6, 6.07) is 144. The predicted octanol–water partition coefficient (Wildman–Crippen LogP) is 34.5. The van der Waals surface area contributed by atoms with Crippen molar-refractivity contribution < 1.29 is 27.4 Å². The second-order valence-corrected chi connectivity index (χ2v) is 52.8. The Balaban J connectivity index is 0.000000104. The standard InChI is InChI=1S/C42H31OP.C33H25O2P.C30H25OP.C28H21O2P/c1-44(2,43)36-15-9-14-32(26-36)33-22-23-39-40(27-33)42(35-21-19-29-11-4-6-13-31(29)25-35)38-17-8-7-16-37(38)41(39)34-20-18-28-10-3-5-12-30(28)24-34;1-36(2,34)24-18-15-22(16-19-24)23-17-20-26-25-9-3-4-10-27(25)33(30(26)21-23)28-11-5-7-13-31(28)35-32-14-8-6-12-29(32)33;1-32(2,31)26-17-24(20-8-4-3-5-9-20)16-25(18-26)28-19-23-12-6-10-21-14-15-22-11-7-13-27(28)30(22)29(21)23;1-31(2,29)21-14-11-19(12-15-21)24-17-20-8-4-6-10-23(20)27-26-22-9-5-3-7-18(22)13-16-25(26)30-28(24)27/h3-27H,1-2H3;3-21H,1-2H3;3-19,29-30H,1-2H3;3-17H,1-2H3. The van der Waals surface area contributed by atoms with Crippen LogP contribution in [0.2, 0.25) is 0 Å². The fraction of sp³-hybridized carbons (Fsp3) is 0.0827. The van der Waals surface area contributed by atoms with Crippen LogP contribution in [-0.4, -0.2) is 53.3 Å². The number of para-hydroxylation sites is 2. The third-order valence-corrected chi connectivity index (χ3v) is 35.8. The van der Waals surface area contributed by atoms with Gasteiger partial charge < -0.3 is 27.4 Å². The van der Waals surface area contributed by atoms with Crippen LogP contribution in [0.25, 0.3) is 170 Å². The first kappa shape index (κ1) is 90.2. The lowest BCUT2D eigenvalue weighted by Gasteiger charge is -2.41. The number of hydrogen-bond acceptors (Lipinski definition) is 6. The van der Waals surface area contributed by atoms with Gasteiger partial charge in [0, 0.05) is 60.5 Å². The molecule has 0 radical (unpaired) electrons. The fourth-order valence-corrected chi connectivity index (χ4v) is 26.2. The van der Waals surface area contributed by atoms with Gasteiger partial charge in [0.05, 0.1) is 5.41 Å². The van der Waals surface area contributed by atoms with E-state index in [0.29, 0.717) is 11.8 Å². The highest BCUT2D eigenvalue weighted by Crippen LogP contribution is 2.63. The highest BCUT2D eigenvalue weighted by atomic mass is 31.2. The largest absolute Gasteiger partial charge is 0.457 e. The molecule has 1 aliphatic heterocycles. The van der Waals surface area contributed by atoms with Crippen LogP contribution in [-0.2, 0) is 23.7 Å². The van der Waals surface area contributed by atoms with Crippen molar-refractivity contribution in [1.82, 2.24) is 0 Å². The van der Waals surface area contributed by atoms with E-state index in [2.05, 4.69) is 407 Å². The Kier molecular flexibility index (Phi) is 22.5. The minimum absolute atomic E-state index is 0.343. The van der Waals surface area contributed by atoms with Gasteiger partial charge in [0.15, 0.2) is 0 Å². The van der Waals surface area contributed by atoms with Gasteiger partial charge in [-0.3, -0.25) is 0 Å². The smallest absolute Gasteiger partial charge is 0.143 e. The van der Waals surface area contributed by atoms with Crippen molar-refractivity contribution in [1.29, 1.82) is 0 Å². The second kappa shape index (κ2) is 35.7. The van der Waals surface area contributed by atoms with Gasteiger partial charge in [-0.1, -0.05) is 388 Å². The lowest BCUT2D eigenvalue weighted by Crippen LogP contribution is -2.32. The van der Waals surface area contributed by atoms with E-state index in [0.717, 1.165) is 105 Å². The molecule has 0 bridgehead atoms. The summed E-state index contributed by atoms with van der Waals surface area (Å²) in [6.07, 6.45) is 20.3. The van der Waals surface area contributed by atoms with Crippen LogP contribution < -0.4 is 26.0 Å². The first-order valence-electron chi connectivity index (χ1n) is 48.9. The van der Waals surface area contributed by atoms with Crippen LogP contribution >= 0.6 is 28.6 Å². The Hall–Kier alpha value is -15.3. The minimum Gasteiger partial charge on any atom is -0.457 e. The SMILES string of the molecule is CP(C)(=O)c1cc(C2=CC3=CC=CC4=CC=C5C=CC=C2C5C43)cc(-c2ccccc2)c1.CP(C)(=O)c1ccc(-c2cc3ccccc3c3c2oc2ccc4ccccc4c23)cc1.CP(C)(=O)c1ccc(-c2ccc3c(c2)C2(c4ccccc4Oc4ccccc42)c2ccccc2-3)cc1.CP(C)(=O)c1cccc(-c2ccc3c(-c4ccc5ccccc5c4)c4ccccc4c(-c4ccc5ccccc5c4)c3c2)c1. The molecule has 0 saturated carbocycles. The molecule has 0 saturated heterocycles. The van der Waals surface area contributed by atoms with Gasteiger partial charge in [0.25, 0.3) is 0 Å². The van der Waals surface area contributed by atoms with E-state index in [1.807, 2.05) is 94.6 Å². The number of furan rings is 1. The number of hydrogen-bond donors (Lipinski definition) is 0. The molecular formula is C133H102O6P4. The van der Waals surface area contributed by atoms with Crippen LogP contribution in [0.15, 0.2) is 488 Å². The Bertz CT molecular complexity index is 9310. The number of ether oxygens (including phenoxy) is 1. The molecule has 20 aromatic carbocycles. The fourth-order valence-electron chi connectivity index (χ4n) is 22.7. The average Bonchev–Trinajstić information content (AvgIpc) is 1.52. The third-order valence-electron chi connectivity index (χ3n) is 29.7. The lowest BCUT2D eigenvalue weighted by molar-refractivity contribution is 0.436. The highest BCUT2D eigenvalue weighted by Gasteiger charge is 2.51. The van der Waals surface area contributed by atoms with E-state index in [9.17, 15) is 18.3 Å². The summed E-state index contributed by atoms with van der Waals surface area (Å²) >= 11 is 0. The highest BCUT2D eigenvalue weighted by molar-refractivity contribution is 7.71. The Morgan fingerprint density at radius 2 is 0.706 bits per heavy atom. The van der Waals surface area contributed by atoms with Crippen LogP contribution in [0.3, 0.4) is 0 Å². The van der Waals surface area contributed by atoms with Crippen molar-refractivity contribution in [3.8, 4) is 89.4 Å². The quantitative estimate of drug-likeness (QED) is 0.0947. The van der Waals surface area contributed by atoms with Crippen LogP contribution in [0.5, 0.6) is 11.5 Å². The van der Waals surface area contributed by atoms with Gasteiger partial charge in [-0.2, -0.15) is 0 Å². The molecule has 0 N–H and O–H groups in total. The molecule has 27 rings (SSSR count). The molecule has 0 amide bonds. The molecule has 0 fully saturated rings. The molecule has 143 heavy (non-hydrogen) atoms. The summed E-state index contributed by atoms with van der Waals surface area (Å²) in [6.45, 7) is 14.7. The van der Waals surface area contributed by atoms with Crippen LogP contribution in [0, 0.1) is 11.8 Å². The van der Waals surface area contributed by atoms with Crippen molar-refractivity contribution in [2.75, 3.05) is 53.3 Å². The van der Waals surface area contributed by atoms with E-state index in [1.165, 1.54) is 148 Å². The van der Waals surface area contributed by atoms with Crippen molar-refractivity contribution in [2.24, 2.45) is 11.8 Å². The Morgan fingerprint density at radius 1 is 0.252 bits per heavy atom. The molecule has 6 nitrogen and oxygen atoms in total. The molecule has 1 spiro atoms. The summed E-state index contributed by atoms with van der Waals surface area (Å²) in [5.41, 5.74) is 30.4. The molecule has 5 aliphatic carbocycles. The molecule has 2 unspecified atom stereocenters. The normalized spacial score (nSPS) is 15.1. The van der Waals surface area contributed by atoms with Gasteiger partial charge in [0.2, 0.25) is 0 Å². The number of benzene rings is 20. The van der Waals surface area contributed by atoms with Crippen LogP contribution in [0.1, 0.15) is 27.8 Å². The monoisotopic (exact) mass is 1920 g/mol. The first-order chi connectivity index (χ1) is 69.4. The second-order valence-electron chi connectivity index (χ2n) is 40.0. The van der Waals surface area contributed by atoms with E-state index in [4.69, 9.17) is 9.15 Å². The Morgan fingerprint density at radius 3 is 1.34 bits per heavy atom. The summed E-state index contributed by atoms with van der Waals surface area (Å²) in [7, 11) is -9.41. The maximum atomic E-state index is 13.2. The number of rotatable bonds is 11. The first-order valence-corrected chi connectivity index (χ1v) is 59.3. The molecule has 690 valence electrons. The van der Waals surface area contributed by atoms with E-state index >= 15 is 0 Å². The van der Waals surface area contributed by atoms with Crippen molar-refractivity contribution in [3.05, 3.63) is 511 Å². The summed E-state index contributed by atoms with van der Waals surface area (Å²) < 4.78 is 64.1.